The molecule has 4 nitrogen and oxygen atoms in total. The van der Waals surface area contributed by atoms with Gasteiger partial charge in [-0.15, -0.1) is 0 Å². The van der Waals surface area contributed by atoms with Gasteiger partial charge in [0.05, 0.1) is 0 Å². The minimum absolute atomic E-state index is 0.157. The van der Waals surface area contributed by atoms with E-state index in [0.717, 1.165) is 0 Å². The van der Waals surface area contributed by atoms with E-state index in [1.54, 1.807) is 13.8 Å². The van der Waals surface area contributed by atoms with Crippen LogP contribution >= 0.6 is 0 Å². The average molecular weight is 159 g/mol. The maximum Gasteiger partial charge on any atom is 0.324 e. The fraction of sp³-hybridized carbons (Fsp3) is 0.857. The fourth-order valence-corrected chi connectivity index (χ4v) is 1.70. The van der Waals surface area contributed by atoms with Gasteiger partial charge < -0.3 is 15.9 Å². The third kappa shape index (κ3) is 0.736. The molecule has 4 N–H and O–H groups in total. The number of aliphatic carboxylic acids is 1. The van der Waals surface area contributed by atoms with E-state index in [9.17, 15) is 4.79 Å². The third-order valence-corrected chi connectivity index (χ3v) is 2.94. The summed E-state index contributed by atoms with van der Waals surface area (Å²) < 4.78 is 0. The van der Waals surface area contributed by atoms with Crippen LogP contribution in [0.1, 0.15) is 13.8 Å². The van der Waals surface area contributed by atoms with Crippen LogP contribution in [0.25, 0.3) is 0 Å². The molecule has 0 amide bonds. The summed E-state index contributed by atoms with van der Waals surface area (Å²) in [7, 11) is 0. The maximum absolute atomic E-state index is 10.6. The van der Waals surface area contributed by atoms with E-state index in [-0.39, 0.29) is 12.5 Å². The number of rotatable bonds is 2. The van der Waals surface area contributed by atoms with Crippen LogP contribution in [-0.2, 0) is 4.79 Å². The van der Waals surface area contributed by atoms with Gasteiger partial charge in [0.15, 0.2) is 0 Å². The molecule has 0 unspecified atom stereocenters. The van der Waals surface area contributed by atoms with Gasteiger partial charge in [-0.2, -0.15) is 0 Å². The molecule has 1 rings (SSSR count). The van der Waals surface area contributed by atoms with Crippen molar-refractivity contribution in [3.8, 4) is 0 Å². The first kappa shape index (κ1) is 8.49. The van der Waals surface area contributed by atoms with Crippen molar-refractivity contribution >= 4 is 5.97 Å². The highest BCUT2D eigenvalue weighted by atomic mass is 16.4. The Hall–Kier alpha value is -0.610. The lowest BCUT2D eigenvalue weighted by atomic mass is 10.1. The molecule has 2 atom stereocenters. The van der Waals surface area contributed by atoms with Gasteiger partial charge in [-0.3, -0.25) is 4.79 Å². The number of hydrogen-bond acceptors (Lipinski definition) is 3. The van der Waals surface area contributed by atoms with Gasteiger partial charge in [0.2, 0.25) is 0 Å². The van der Waals surface area contributed by atoms with Gasteiger partial charge in [-0.05, 0) is 0 Å². The Morgan fingerprint density at radius 3 is 2.18 bits per heavy atom. The molecule has 0 aromatic carbocycles. The molecule has 4 heteroatoms. The Balaban J connectivity index is 2.86. The highest BCUT2D eigenvalue weighted by Crippen LogP contribution is 2.59. The Kier molecular flexibility index (Phi) is 1.51. The molecule has 1 saturated carbocycles. The van der Waals surface area contributed by atoms with Crippen molar-refractivity contribution in [2.75, 3.05) is 6.61 Å². The standard InChI is InChI=1S/C7H13NO3/c1-6(2)4(3-9)7(6,8)5(10)11/h4,9H,3,8H2,1-2H3,(H,10,11)/t4-,7+/m0/s1. The summed E-state index contributed by atoms with van der Waals surface area (Å²) in [6.07, 6.45) is 0. The molecule has 0 aromatic heterocycles. The van der Waals surface area contributed by atoms with Crippen LogP contribution in [0.4, 0.5) is 0 Å². The number of nitrogens with two attached hydrogens (primary N) is 1. The Labute approximate surface area is 65.0 Å². The molecule has 64 valence electrons. The maximum atomic E-state index is 10.6. The van der Waals surface area contributed by atoms with Gasteiger partial charge in [0.25, 0.3) is 0 Å². The van der Waals surface area contributed by atoms with E-state index in [2.05, 4.69) is 0 Å². The summed E-state index contributed by atoms with van der Waals surface area (Å²) in [5.41, 5.74) is 3.86. The second kappa shape index (κ2) is 1.95. The van der Waals surface area contributed by atoms with Crippen LogP contribution in [0, 0.1) is 11.3 Å². The summed E-state index contributed by atoms with van der Waals surface area (Å²) in [6.45, 7) is 3.35. The zero-order valence-corrected chi connectivity index (χ0v) is 6.66. The van der Waals surface area contributed by atoms with Gasteiger partial charge in [-0.1, -0.05) is 13.8 Å². The molecule has 0 heterocycles. The normalized spacial score (nSPS) is 40.2. The lowest BCUT2D eigenvalue weighted by Crippen LogP contribution is -2.39. The minimum atomic E-state index is -1.22. The molecule has 1 aliphatic rings. The van der Waals surface area contributed by atoms with Crippen LogP contribution in [0.15, 0.2) is 0 Å². The molecule has 0 saturated heterocycles. The smallest absolute Gasteiger partial charge is 0.324 e. The van der Waals surface area contributed by atoms with Gasteiger partial charge in [-0.25, -0.2) is 0 Å². The Morgan fingerprint density at radius 1 is 1.64 bits per heavy atom. The van der Waals surface area contributed by atoms with E-state index < -0.39 is 16.9 Å². The molecular weight excluding hydrogens is 146 g/mol. The zero-order chi connectivity index (χ0) is 8.86. The molecule has 0 radical (unpaired) electrons. The fourth-order valence-electron chi connectivity index (χ4n) is 1.70. The van der Waals surface area contributed by atoms with Crippen molar-refractivity contribution < 1.29 is 15.0 Å². The van der Waals surface area contributed by atoms with E-state index in [1.807, 2.05) is 0 Å². The first-order valence-electron chi connectivity index (χ1n) is 3.52. The summed E-state index contributed by atoms with van der Waals surface area (Å²) in [6, 6.07) is 0. The van der Waals surface area contributed by atoms with E-state index >= 15 is 0 Å². The zero-order valence-electron chi connectivity index (χ0n) is 6.66. The predicted octanol–water partition coefficient (Wildman–Crippen LogP) is -0.583. The Morgan fingerprint density at radius 2 is 2.09 bits per heavy atom. The van der Waals surface area contributed by atoms with Crippen LogP contribution in [-0.4, -0.2) is 28.3 Å². The van der Waals surface area contributed by atoms with Crippen molar-refractivity contribution in [1.82, 2.24) is 0 Å². The first-order chi connectivity index (χ1) is 4.89. The summed E-state index contributed by atoms with van der Waals surface area (Å²) in [5, 5.41) is 17.5. The van der Waals surface area contributed by atoms with Gasteiger partial charge in [0, 0.05) is 17.9 Å². The van der Waals surface area contributed by atoms with Crippen LogP contribution < -0.4 is 5.73 Å². The van der Waals surface area contributed by atoms with Crippen molar-refractivity contribution in [3.05, 3.63) is 0 Å². The van der Waals surface area contributed by atoms with Crippen LogP contribution in [0.2, 0.25) is 0 Å². The van der Waals surface area contributed by atoms with Crippen molar-refractivity contribution in [2.45, 2.75) is 19.4 Å². The molecule has 0 aromatic rings. The van der Waals surface area contributed by atoms with Gasteiger partial charge >= 0.3 is 5.97 Å². The van der Waals surface area contributed by atoms with Crippen molar-refractivity contribution in [2.24, 2.45) is 17.1 Å². The molecule has 0 spiro atoms. The van der Waals surface area contributed by atoms with Gasteiger partial charge in [0.1, 0.15) is 5.54 Å². The highest BCUT2D eigenvalue weighted by molar-refractivity contribution is 5.85. The Bertz CT molecular complexity index is 202. The summed E-state index contributed by atoms with van der Waals surface area (Å²) >= 11 is 0. The van der Waals surface area contributed by atoms with Crippen LogP contribution in [0.3, 0.4) is 0 Å². The SMILES string of the molecule is CC1(C)[C@H](CO)[C@@]1(N)C(=O)O. The highest BCUT2D eigenvalue weighted by Gasteiger charge is 2.73. The quantitative estimate of drug-likeness (QED) is 0.503. The second-order valence-electron chi connectivity index (χ2n) is 3.63. The largest absolute Gasteiger partial charge is 0.480 e. The molecule has 0 aliphatic heterocycles. The predicted molar refractivity (Wildman–Crippen MR) is 38.9 cm³/mol. The summed E-state index contributed by atoms with van der Waals surface area (Å²) in [5.74, 6) is -1.34. The number of carboxylic acids is 1. The minimum Gasteiger partial charge on any atom is -0.480 e. The second-order valence-corrected chi connectivity index (χ2v) is 3.63. The first-order valence-corrected chi connectivity index (χ1v) is 3.52. The van der Waals surface area contributed by atoms with E-state index in [4.69, 9.17) is 15.9 Å². The number of aliphatic hydroxyl groups is 1. The molecule has 1 fully saturated rings. The van der Waals surface area contributed by atoms with Crippen molar-refractivity contribution in [1.29, 1.82) is 0 Å². The number of hydrogen-bond donors (Lipinski definition) is 3. The number of aliphatic hydroxyl groups excluding tert-OH is 1. The lowest BCUT2D eigenvalue weighted by molar-refractivity contribution is -0.141. The van der Waals surface area contributed by atoms with E-state index in [0.29, 0.717) is 0 Å². The lowest BCUT2D eigenvalue weighted by Gasteiger charge is -2.06. The molecule has 0 bridgehead atoms. The van der Waals surface area contributed by atoms with Crippen molar-refractivity contribution in [3.63, 3.8) is 0 Å². The summed E-state index contributed by atoms with van der Waals surface area (Å²) in [4.78, 5) is 10.6. The molecule has 11 heavy (non-hydrogen) atoms. The monoisotopic (exact) mass is 159 g/mol. The van der Waals surface area contributed by atoms with Crippen LogP contribution in [0.5, 0.6) is 0 Å². The topological polar surface area (TPSA) is 83.5 Å². The number of carbonyl (C=O) groups is 1. The number of carboxylic acid groups (broad SMARTS) is 1. The molecular formula is C7H13NO3. The third-order valence-electron chi connectivity index (χ3n) is 2.94. The van der Waals surface area contributed by atoms with E-state index in [1.165, 1.54) is 0 Å². The molecule has 1 aliphatic carbocycles. The average Bonchev–Trinajstić information content (AvgIpc) is 2.29.